The number of nitrogens with two attached hydrogens (primary N) is 1. The zero-order chi connectivity index (χ0) is 14.8. The van der Waals surface area contributed by atoms with E-state index in [2.05, 4.69) is 0 Å². The molecule has 0 spiro atoms. The maximum Gasteiger partial charge on any atom is 0.147 e. The SMILES string of the molecule is N#Cc1cccc(COc2ccc3c(c2)CC[C@@H]3N)c1F. The van der Waals surface area contributed by atoms with Crippen molar-refractivity contribution in [3.05, 3.63) is 64.5 Å². The Bertz CT molecular complexity index is 721. The molecule has 4 heteroatoms. The minimum Gasteiger partial charge on any atom is -0.489 e. The summed E-state index contributed by atoms with van der Waals surface area (Å²) >= 11 is 0. The number of nitrogens with zero attached hydrogens (tertiary/aromatic N) is 1. The van der Waals surface area contributed by atoms with Gasteiger partial charge in [-0.15, -0.1) is 0 Å². The molecule has 106 valence electrons. The van der Waals surface area contributed by atoms with E-state index in [1.807, 2.05) is 24.3 Å². The molecule has 0 aliphatic heterocycles. The van der Waals surface area contributed by atoms with Crippen LogP contribution in [0.3, 0.4) is 0 Å². The maximum atomic E-state index is 13.9. The van der Waals surface area contributed by atoms with Crippen molar-refractivity contribution in [2.75, 3.05) is 0 Å². The second-order valence-corrected chi connectivity index (χ2v) is 5.18. The monoisotopic (exact) mass is 282 g/mol. The van der Waals surface area contributed by atoms with Crippen molar-refractivity contribution in [3.63, 3.8) is 0 Å². The van der Waals surface area contributed by atoms with Gasteiger partial charge in [-0.2, -0.15) is 5.26 Å². The number of ether oxygens (including phenoxy) is 1. The van der Waals surface area contributed by atoms with Gasteiger partial charge in [0.2, 0.25) is 0 Å². The van der Waals surface area contributed by atoms with Crippen LogP contribution in [0.15, 0.2) is 36.4 Å². The molecule has 1 atom stereocenters. The molecule has 1 aliphatic rings. The van der Waals surface area contributed by atoms with Gasteiger partial charge in [0.25, 0.3) is 0 Å². The Hall–Kier alpha value is -2.38. The van der Waals surface area contributed by atoms with Crippen molar-refractivity contribution in [2.24, 2.45) is 5.73 Å². The molecule has 0 fully saturated rings. The molecular formula is C17H15FN2O. The van der Waals surface area contributed by atoms with Crippen LogP contribution in [0.1, 0.15) is 34.7 Å². The summed E-state index contributed by atoms with van der Waals surface area (Å²) in [5, 5.41) is 8.82. The topological polar surface area (TPSA) is 59.0 Å². The molecule has 0 unspecified atom stereocenters. The lowest BCUT2D eigenvalue weighted by Crippen LogP contribution is -2.05. The van der Waals surface area contributed by atoms with E-state index in [1.54, 1.807) is 12.1 Å². The molecule has 0 aromatic heterocycles. The number of hydrogen-bond donors (Lipinski definition) is 1. The summed E-state index contributed by atoms with van der Waals surface area (Å²) in [4.78, 5) is 0. The van der Waals surface area contributed by atoms with Gasteiger partial charge < -0.3 is 10.5 Å². The van der Waals surface area contributed by atoms with Crippen molar-refractivity contribution in [1.29, 1.82) is 5.26 Å². The van der Waals surface area contributed by atoms with E-state index in [9.17, 15) is 4.39 Å². The van der Waals surface area contributed by atoms with Crippen molar-refractivity contribution in [1.82, 2.24) is 0 Å². The minimum atomic E-state index is -0.511. The van der Waals surface area contributed by atoms with Gasteiger partial charge in [-0.25, -0.2) is 4.39 Å². The highest BCUT2D eigenvalue weighted by molar-refractivity contribution is 5.41. The van der Waals surface area contributed by atoms with E-state index in [4.69, 9.17) is 15.7 Å². The smallest absolute Gasteiger partial charge is 0.147 e. The molecule has 0 saturated heterocycles. The van der Waals surface area contributed by atoms with Crippen molar-refractivity contribution < 1.29 is 9.13 Å². The van der Waals surface area contributed by atoms with E-state index in [-0.39, 0.29) is 18.2 Å². The second kappa shape index (κ2) is 5.55. The van der Waals surface area contributed by atoms with E-state index >= 15 is 0 Å². The normalized spacial score (nSPS) is 16.3. The van der Waals surface area contributed by atoms with Gasteiger partial charge in [0.15, 0.2) is 0 Å². The molecular weight excluding hydrogens is 267 g/mol. The highest BCUT2D eigenvalue weighted by atomic mass is 19.1. The highest BCUT2D eigenvalue weighted by Crippen LogP contribution is 2.32. The summed E-state index contributed by atoms with van der Waals surface area (Å²) in [6.45, 7) is 0.103. The molecule has 0 heterocycles. The molecule has 0 saturated carbocycles. The Labute approximate surface area is 122 Å². The van der Waals surface area contributed by atoms with Crippen LogP contribution >= 0.6 is 0 Å². The fraction of sp³-hybridized carbons (Fsp3) is 0.235. The summed E-state index contributed by atoms with van der Waals surface area (Å²) in [5.41, 5.74) is 8.78. The molecule has 2 aromatic rings. The van der Waals surface area contributed by atoms with Crippen LogP contribution in [0.4, 0.5) is 4.39 Å². The Morgan fingerprint density at radius 2 is 2.19 bits per heavy atom. The number of rotatable bonds is 3. The number of benzene rings is 2. The average Bonchev–Trinajstić information content (AvgIpc) is 2.87. The van der Waals surface area contributed by atoms with Gasteiger partial charge >= 0.3 is 0 Å². The van der Waals surface area contributed by atoms with Crippen LogP contribution in [-0.2, 0) is 13.0 Å². The van der Waals surface area contributed by atoms with Crippen molar-refractivity contribution >= 4 is 0 Å². The predicted octanol–water partition coefficient (Wildman–Crippen LogP) is 3.22. The summed E-state index contributed by atoms with van der Waals surface area (Å²) in [6.07, 6.45) is 1.91. The average molecular weight is 282 g/mol. The first-order chi connectivity index (χ1) is 10.2. The lowest BCUT2D eigenvalue weighted by Gasteiger charge is -2.10. The lowest BCUT2D eigenvalue weighted by atomic mass is 10.1. The summed E-state index contributed by atoms with van der Waals surface area (Å²) in [7, 11) is 0. The molecule has 21 heavy (non-hydrogen) atoms. The van der Waals surface area contributed by atoms with Crippen LogP contribution in [0, 0.1) is 17.1 Å². The van der Waals surface area contributed by atoms with Gasteiger partial charge in [-0.1, -0.05) is 18.2 Å². The van der Waals surface area contributed by atoms with E-state index in [1.165, 1.54) is 17.2 Å². The third-order valence-electron chi connectivity index (χ3n) is 3.83. The number of halogens is 1. The number of hydrogen-bond acceptors (Lipinski definition) is 3. The van der Waals surface area contributed by atoms with Crippen molar-refractivity contribution in [3.8, 4) is 11.8 Å². The summed E-state index contributed by atoms with van der Waals surface area (Å²) in [5.74, 6) is 0.188. The second-order valence-electron chi connectivity index (χ2n) is 5.18. The Kier molecular flexibility index (Phi) is 3.59. The Morgan fingerprint density at radius 3 is 3.00 bits per heavy atom. The van der Waals surface area contributed by atoms with Gasteiger partial charge in [0, 0.05) is 11.6 Å². The van der Waals surface area contributed by atoms with Crippen LogP contribution in [0.5, 0.6) is 5.75 Å². The molecule has 0 amide bonds. The van der Waals surface area contributed by atoms with Gasteiger partial charge in [0.1, 0.15) is 24.2 Å². The number of fused-ring (bicyclic) bond motifs is 1. The molecule has 2 aromatic carbocycles. The minimum absolute atomic E-state index is 0.0380. The summed E-state index contributed by atoms with van der Waals surface area (Å²) < 4.78 is 19.6. The van der Waals surface area contributed by atoms with E-state index in [0.29, 0.717) is 11.3 Å². The molecule has 2 N–H and O–H groups in total. The first kappa shape index (κ1) is 13.6. The Balaban J connectivity index is 1.76. The fourth-order valence-electron chi connectivity index (χ4n) is 2.66. The predicted molar refractivity (Wildman–Crippen MR) is 77.1 cm³/mol. The van der Waals surface area contributed by atoms with E-state index < -0.39 is 5.82 Å². The lowest BCUT2D eigenvalue weighted by molar-refractivity contribution is 0.299. The van der Waals surface area contributed by atoms with Crippen LogP contribution < -0.4 is 10.5 Å². The third-order valence-corrected chi connectivity index (χ3v) is 3.83. The molecule has 0 bridgehead atoms. The van der Waals surface area contributed by atoms with Gasteiger partial charge in [-0.3, -0.25) is 0 Å². The Morgan fingerprint density at radius 1 is 1.33 bits per heavy atom. The first-order valence-corrected chi connectivity index (χ1v) is 6.87. The highest BCUT2D eigenvalue weighted by Gasteiger charge is 2.19. The number of aryl methyl sites for hydroxylation is 1. The van der Waals surface area contributed by atoms with Crippen LogP contribution in [0.25, 0.3) is 0 Å². The van der Waals surface area contributed by atoms with Crippen LogP contribution in [-0.4, -0.2) is 0 Å². The maximum absolute atomic E-state index is 13.9. The molecule has 1 aliphatic carbocycles. The standard InChI is InChI=1S/C17H15FN2O/c18-17-12(9-19)2-1-3-13(17)10-21-14-5-6-15-11(8-14)4-7-16(15)20/h1-3,5-6,8,16H,4,7,10,20H2/t16-/m0/s1. The molecule has 0 radical (unpaired) electrons. The van der Waals surface area contributed by atoms with Crippen LogP contribution in [0.2, 0.25) is 0 Å². The fourth-order valence-corrected chi connectivity index (χ4v) is 2.66. The van der Waals surface area contributed by atoms with Gasteiger partial charge in [0.05, 0.1) is 5.56 Å². The third kappa shape index (κ3) is 2.61. The molecule has 3 rings (SSSR count). The van der Waals surface area contributed by atoms with E-state index in [0.717, 1.165) is 12.8 Å². The van der Waals surface area contributed by atoms with Crippen molar-refractivity contribution in [2.45, 2.75) is 25.5 Å². The quantitative estimate of drug-likeness (QED) is 0.940. The largest absolute Gasteiger partial charge is 0.489 e. The zero-order valence-corrected chi connectivity index (χ0v) is 11.5. The zero-order valence-electron chi connectivity index (χ0n) is 11.5. The first-order valence-electron chi connectivity index (χ1n) is 6.87. The summed E-state index contributed by atoms with van der Waals surface area (Å²) in [6, 6.07) is 12.5. The molecule has 3 nitrogen and oxygen atoms in total. The van der Waals surface area contributed by atoms with Gasteiger partial charge in [-0.05, 0) is 42.2 Å². The number of nitriles is 1.